The molecule has 0 unspecified atom stereocenters. The summed E-state index contributed by atoms with van der Waals surface area (Å²) in [5, 5.41) is 0. The van der Waals surface area contributed by atoms with Gasteiger partial charge in [0.25, 0.3) is 0 Å². The number of hydrogen-bond donors (Lipinski definition) is 2. The van der Waals surface area contributed by atoms with Gasteiger partial charge in [-0.2, -0.15) is 0 Å². The molecular weight excluding hydrogens is 282 g/mol. The number of Topliss-reactive ketones (excluding diaryl/α,β-unsaturated/α-hetero) is 1. The lowest BCUT2D eigenvalue weighted by molar-refractivity contribution is 0.0734. The molecule has 4 N–H and O–H groups in total. The Bertz CT molecular complexity index is 715. The maximum absolute atomic E-state index is 12.0. The van der Waals surface area contributed by atoms with Crippen LogP contribution in [-0.4, -0.2) is 17.7 Å². The quantitative estimate of drug-likeness (QED) is 0.295. The Morgan fingerprint density at radius 1 is 0.909 bits per heavy atom. The number of ketones is 1. The molecule has 0 saturated heterocycles. The molecule has 2 rings (SSSR count). The Kier molecular flexibility index (Phi) is 4.53. The second kappa shape index (κ2) is 6.53. The normalized spacial score (nSPS) is 9.86. The van der Waals surface area contributed by atoms with Crippen molar-refractivity contribution in [2.75, 3.05) is 0 Å². The van der Waals surface area contributed by atoms with Gasteiger partial charge in [-0.15, -0.1) is 0 Å². The molecule has 2 aromatic rings. The van der Waals surface area contributed by atoms with Crippen LogP contribution in [-0.2, 0) is 0 Å². The highest BCUT2D eigenvalue weighted by Gasteiger charge is 2.09. The first-order valence-electron chi connectivity index (χ1n) is 6.48. The number of carbonyl (C=O) groups excluding carboxylic acids is 2. The number of rotatable bonds is 4. The molecular formula is C16H15N3O3. The lowest BCUT2D eigenvalue weighted by atomic mass is 10.1. The molecule has 0 aliphatic carbocycles. The summed E-state index contributed by atoms with van der Waals surface area (Å²) >= 11 is 0. The van der Waals surface area contributed by atoms with Gasteiger partial charge >= 0.3 is 5.97 Å². The van der Waals surface area contributed by atoms with Gasteiger partial charge in [-0.1, -0.05) is 0 Å². The number of guanidine groups is 1. The molecule has 22 heavy (non-hydrogen) atoms. The van der Waals surface area contributed by atoms with Crippen molar-refractivity contribution < 1.29 is 14.3 Å². The van der Waals surface area contributed by atoms with Crippen LogP contribution >= 0.6 is 0 Å². The number of carbonyl (C=O) groups is 2. The lowest BCUT2D eigenvalue weighted by Gasteiger charge is -2.05. The van der Waals surface area contributed by atoms with Gasteiger partial charge in [0.2, 0.25) is 0 Å². The highest BCUT2D eigenvalue weighted by molar-refractivity contribution is 5.94. The summed E-state index contributed by atoms with van der Waals surface area (Å²) in [5.74, 6) is -0.246. The molecule has 0 atom stereocenters. The molecule has 0 aliphatic rings. The molecule has 0 aliphatic heterocycles. The molecule has 0 amide bonds. The summed E-state index contributed by atoms with van der Waals surface area (Å²) < 4.78 is 5.22. The standard InChI is InChI=1S/C16H15N3O3/c1-10(20)11-4-8-14(9-5-11)22-15(21)12-2-6-13(7-3-12)19-16(17)18/h2-9H,1H3,(H4,17,18,19). The van der Waals surface area contributed by atoms with E-state index in [4.69, 9.17) is 16.2 Å². The second-order valence-electron chi connectivity index (χ2n) is 4.55. The first kappa shape index (κ1) is 15.2. The minimum atomic E-state index is -0.508. The van der Waals surface area contributed by atoms with E-state index in [1.807, 2.05) is 0 Å². The fraction of sp³-hybridized carbons (Fsp3) is 0.0625. The number of nitrogens with two attached hydrogens (primary N) is 2. The molecule has 0 saturated carbocycles. The van der Waals surface area contributed by atoms with Crippen molar-refractivity contribution in [1.29, 1.82) is 0 Å². The van der Waals surface area contributed by atoms with E-state index in [9.17, 15) is 9.59 Å². The Morgan fingerprint density at radius 2 is 1.45 bits per heavy atom. The van der Waals surface area contributed by atoms with Crippen molar-refractivity contribution >= 4 is 23.4 Å². The number of hydrogen-bond acceptors (Lipinski definition) is 4. The molecule has 6 nitrogen and oxygen atoms in total. The molecule has 0 fully saturated rings. The van der Waals surface area contributed by atoms with E-state index >= 15 is 0 Å². The van der Waals surface area contributed by atoms with Gasteiger partial charge in [0.1, 0.15) is 5.75 Å². The van der Waals surface area contributed by atoms with Gasteiger partial charge in [-0.25, -0.2) is 9.79 Å². The van der Waals surface area contributed by atoms with Crippen molar-refractivity contribution in [3.63, 3.8) is 0 Å². The third-order valence-corrected chi connectivity index (χ3v) is 2.83. The topological polar surface area (TPSA) is 108 Å². The van der Waals surface area contributed by atoms with E-state index in [0.717, 1.165) is 0 Å². The van der Waals surface area contributed by atoms with Gasteiger partial charge < -0.3 is 16.2 Å². The number of benzene rings is 2. The van der Waals surface area contributed by atoms with Crippen LogP contribution in [0.1, 0.15) is 27.6 Å². The first-order chi connectivity index (χ1) is 10.5. The van der Waals surface area contributed by atoms with Crippen LogP contribution in [0.3, 0.4) is 0 Å². The summed E-state index contributed by atoms with van der Waals surface area (Å²) in [6.07, 6.45) is 0. The summed E-state index contributed by atoms with van der Waals surface area (Å²) in [7, 11) is 0. The molecule has 2 aromatic carbocycles. The van der Waals surface area contributed by atoms with Crippen LogP contribution in [0.2, 0.25) is 0 Å². The Morgan fingerprint density at radius 3 is 1.95 bits per heavy atom. The molecule has 0 heterocycles. The van der Waals surface area contributed by atoms with E-state index < -0.39 is 5.97 Å². The fourth-order valence-electron chi connectivity index (χ4n) is 1.74. The lowest BCUT2D eigenvalue weighted by Crippen LogP contribution is -2.21. The van der Waals surface area contributed by atoms with Crippen LogP contribution in [0.15, 0.2) is 53.5 Å². The van der Waals surface area contributed by atoms with Crippen LogP contribution < -0.4 is 16.2 Å². The number of esters is 1. The van der Waals surface area contributed by atoms with Crippen molar-refractivity contribution in [1.82, 2.24) is 0 Å². The van der Waals surface area contributed by atoms with Gasteiger partial charge in [0.05, 0.1) is 11.3 Å². The first-order valence-corrected chi connectivity index (χ1v) is 6.48. The Balaban J connectivity index is 2.08. The largest absolute Gasteiger partial charge is 0.423 e. The van der Waals surface area contributed by atoms with E-state index in [1.54, 1.807) is 48.5 Å². The average Bonchev–Trinajstić information content (AvgIpc) is 2.48. The van der Waals surface area contributed by atoms with Crippen LogP contribution in [0, 0.1) is 0 Å². The van der Waals surface area contributed by atoms with E-state index in [-0.39, 0.29) is 11.7 Å². The predicted octanol–water partition coefficient (Wildman–Crippen LogP) is 2.01. The summed E-state index contributed by atoms with van der Waals surface area (Å²) in [6.45, 7) is 1.47. The van der Waals surface area contributed by atoms with Gasteiger partial charge in [-0.3, -0.25) is 4.79 Å². The highest BCUT2D eigenvalue weighted by Crippen LogP contribution is 2.17. The second-order valence-corrected chi connectivity index (χ2v) is 4.55. The molecule has 0 radical (unpaired) electrons. The predicted molar refractivity (Wildman–Crippen MR) is 83.3 cm³/mol. The van der Waals surface area contributed by atoms with Crippen molar-refractivity contribution in [2.24, 2.45) is 16.5 Å². The van der Waals surface area contributed by atoms with Crippen LogP contribution in [0.25, 0.3) is 0 Å². The number of nitrogens with zero attached hydrogens (tertiary/aromatic N) is 1. The third-order valence-electron chi connectivity index (χ3n) is 2.83. The molecule has 0 spiro atoms. The molecule has 0 bridgehead atoms. The van der Waals surface area contributed by atoms with Crippen LogP contribution in [0.5, 0.6) is 5.75 Å². The van der Waals surface area contributed by atoms with Gasteiger partial charge in [0, 0.05) is 5.56 Å². The Hall–Kier alpha value is -3.15. The fourth-order valence-corrected chi connectivity index (χ4v) is 1.74. The maximum Gasteiger partial charge on any atom is 0.343 e. The summed E-state index contributed by atoms with van der Waals surface area (Å²) in [5.41, 5.74) is 12.0. The highest BCUT2D eigenvalue weighted by atomic mass is 16.5. The van der Waals surface area contributed by atoms with Crippen LogP contribution in [0.4, 0.5) is 5.69 Å². The SMILES string of the molecule is CC(=O)c1ccc(OC(=O)c2ccc(N=C(N)N)cc2)cc1. The molecule has 112 valence electrons. The maximum atomic E-state index is 12.0. The smallest absolute Gasteiger partial charge is 0.343 e. The zero-order valence-electron chi connectivity index (χ0n) is 11.9. The average molecular weight is 297 g/mol. The van der Waals surface area contributed by atoms with E-state index in [1.165, 1.54) is 6.92 Å². The van der Waals surface area contributed by atoms with Crippen molar-refractivity contribution in [3.8, 4) is 5.75 Å². The minimum absolute atomic E-state index is 0.0480. The van der Waals surface area contributed by atoms with Crippen molar-refractivity contribution in [2.45, 2.75) is 6.92 Å². The monoisotopic (exact) mass is 297 g/mol. The van der Waals surface area contributed by atoms with Gasteiger partial charge in [0.15, 0.2) is 11.7 Å². The zero-order valence-corrected chi connectivity index (χ0v) is 11.9. The number of ether oxygens (including phenoxy) is 1. The number of aliphatic imine (C=N–C) groups is 1. The van der Waals surface area contributed by atoms with E-state index in [0.29, 0.717) is 22.6 Å². The van der Waals surface area contributed by atoms with Crippen molar-refractivity contribution in [3.05, 3.63) is 59.7 Å². The minimum Gasteiger partial charge on any atom is -0.423 e. The third kappa shape index (κ3) is 3.92. The summed E-state index contributed by atoms with van der Waals surface area (Å²) in [6, 6.07) is 12.7. The summed E-state index contributed by atoms with van der Waals surface area (Å²) in [4.78, 5) is 27.0. The zero-order chi connectivity index (χ0) is 16.1. The van der Waals surface area contributed by atoms with E-state index in [2.05, 4.69) is 4.99 Å². The molecule has 0 aromatic heterocycles. The molecule has 6 heteroatoms. The Labute approximate surface area is 127 Å². The van der Waals surface area contributed by atoms with Gasteiger partial charge in [-0.05, 0) is 55.5 Å².